The van der Waals surface area contributed by atoms with Gasteiger partial charge in [0.25, 0.3) is 0 Å². The van der Waals surface area contributed by atoms with Gasteiger partial charge in [-0.05, 0) is 89.9 Å². The average Bonchev–Trinajstić information content (AvgIpc) is 3.38. The van der Waals surface area contributed by atoms with Crippen LogP contribution in [0, 0.1) is 0 Å². The molecule has 0 aromatic carbocycles. The van der Waals surface area contributed by atoms with Crippen LogP contribution in [0.15, 0.2) is 48.6 Å². The summed E-state index contributed by atoms with van der Waals surface area (Å²) in [6.07, 6.45) is 78.6. The molecule has 0 spiro atoms. The molecule has 0 radical (unpaired) electrons. The van der Waals surface area contributed by atoms with Crippen molar-refractivity contribution in [3.05, 3.63) is 48.6 Å². The van der Waals surface area contributed by atoms with Gasteiger partial charge < -0.3 is 20.3 Å². The van der Waals surface area contributed by atoms with Crippen LogP contribution in [0.1, 0.15) is 335 Å². The first kappa shape index (κ1) is 69.8. The van der Waals surface area contributed by atoms with Crippen molar-refractivity contribution < 1.29 is 24.5 Å². The van der Waals surface area contributed by atoms with Gasteiger partial charge >= 0.3 is 5.97 Å². The Bertz CT molecular complexity index is 1210. The highest BCUT2D eigenvalue weighted by molar-refractivity contribution is 5.76. The Balaban J connectivity index is 3.47. The summed E-state index contributed by atoms with van der Waals surface area (Å²) in [4.78, 5) is 24.5. The van der Waals surface area contributed by atoms with Gasteiger partial charge in [0.15, 0.2) is 0 Å². The number of unbranched alkanes of at least 4 members (excludes halogenated alkanes) is 42. The molecule has 0 aliphatic rings. The topological polar surface area (TPSA) is 95.9 Å². The number of allylic oxidation sites excluding steroid dienone is 7. The fourth-order valence-electron chi connectivity index (χ4n) is 9.66. The normalized spacial score (nSPS) is 12.9. The molecule has 0 aromatic rings. The van der Waals surface area contributed by atoms with Gasteiger partial charge in [-0.3, -0.25) is 9.59 Å². The molecule has 0 aliphatic carbocycles. The van der Waals surface area contributed by atoms with E-state index < -0.39 is 12.1 Å². The van der Waals surface area contributed by atoms with Crippen LogP contribution in [0.3, 0.4) is 0 Å². The molecule has 3 N–H and O–H groups in total. The van der Waals surface area contributed by atoms with Crippen LogP contribution in [-0.4, -0.2) is 47.4 Å². The van der Waals surface area contributed by atoms with Crippen molar-refractivity contribution in [1.29, 1.82) is 0 Å². The van der Waals surface area contributed by atoms with E-state index in [1.54, 1.807) is 6.08 Å². The highest BCUT2D eigenvalue weighted by atomic mass is 16.5. The first-order valence-electron chi connectivity index (χ1n) is 31.9. The lowest BCUT2D eigenvalue weighted by molar-refractivity contribution is -0.143. The second kappa shape index (κ2) is 61.4. The Morgan fingerprint density at radius 1 is 0.389 bits per heavy atom. The second-order valence-electron chi connectivity index (χ2n) is 21.7. The lowest BCUT2D eigenvalue weighted by atomic mass is 10.0. The second-order valence-corrected chi connectivity index (χ2v) is 21.7. The van der Waals surface area contributed by atoms with Crippen molar-refractivity contribution in [2.75, 3.05) is 13.2 Å². The molecule has 0 aliphatic heterocycles. The number of hydrogen-bond donors (Lipinski definition) is 3. The minimum atomic E-state index is -0.851. The molecule has 0 saturated heterocycles. The minimum absolute atomic E-state index is 0.00655. The van der Waals surface area contributed by atoms with Crippen LogP contribution >= 0.6 is 0 Å². The predicted octanol–water partition coefficient (Wildman–Crippen LogP) is 20.1. The van der Waals surface area contributed by atoms with Gasteiger partial charge in [-0.15, -0.1) is 0 Å². The molecule has 0 saturated carbocycles. The van der Waals surface area contributed by atoms with E-state index in [-0.39, 0.29) is 18.5 Å². The van der Waals surface area contributed by atoms with E-state index in [1.807, 2.05) is 6.08 Å². The summed E-state index contributed by atoms with van der Waals surface area (Å²) < 4.78 is 5.47. The van der Waals surface area contributed by atoms with Crippen molar-refractivity contribution in [3.8, 4) is 0 Å². The lowest BCUT2D eigenvalue weighted by Gasteiger charge is -2.20. The SMILES string of the molecule is CCCCC/C=C\C/C=C\CCCCCCCC(=O)OCCCCCCCCCCCC/C=C\CCCCCCCCCC(=O)NC(CO)C(O)/C=C/CCCCCCCCCCCCCCCCCCC. The molecule has 0 rings (SSSR count). The molecule has 2 unspecified atom stereocenters. The third-order valence-corrected chi connectivity index (χ3v) is 14.6. The maximum atomic E-state index is 12.5. The van der Waals surface area contributed by atoms with Crippen molar-refractivity contribution >= 4 is 11.9 Å². The van der Waals surface area contributed by atoms with E-state index in [0.29, 0.717) is 19.4 Å². The van der Waals surface area contributed by atoms with E-state index >= 15 is 0 Å². The van der Waals surface area contributed by atoms with Crippen molar-refractivity contribution in [2.24, 2.45) is 0 Å². The molecule has 2 atom stereocenters. The quantitative estimate of drug-likeness (QED) is 0.0320. The Morgan fingerprint density at radius 3 is 1.10 bits per heavy atom. The maximum Gasteiger partial charge on any atom is 0.305 e. The van der Waals surface area contributed by atoms with E-state index in [2.05, 4.69) is 55.6 Å². The van der Waals surface area contributed by atoms with Crippen molar-refractivity contribution in [3.63, 3.8) is 0 Å². The van der Waals surface area contributed by atoms with Gasteiger partial charge in [0.1, 0.15) is 0 Å². The average molecular weight is 1010 g/mol. The number of carbonyl (C=O) groups excluding carboxylic acids is 2. The standard InChI is InChI=1S/C66H123NO5/c1-3-5-7-9-11-13-15-17-19-20-24-27-31-34-38-42-46-50-54-58-64(69)63(62-68)67-65(70)59-55-51-47-43-39-35-32-28-25-22-21-23-26-29-33-37-41-45-49-53-57-61-72-66(71)60-56-52-48-44-40-36-30-18-16-14-12-10-8-6-4-2/h12,14,18,22,25,30,54,58,63-64,68-69H,3-11,13,15-17,19-21,23-24,26-29,31-53,55-57,59-62H2,1-2H3,(H,67,70)/b14-12-,25-22-,30-18-,58-54+. The molecule has 0 heterocycles. The van der Waals surface area contributed by atoms with Gasteiger partial charge in [0.05, 0.1) is 25.4 Å². The van der Waals surface area contributed by atoms with Gasteiger partial charge in [0.2, 0.25) is 5.91 Å². The molecule has 1 amide bonds. The summed E-state index contributed by atoms with van der Waals surface area (Å²) in [5, 5.41) is 23.2. The van der Waals surface area contributed by atoms with Crippen LogP contribution in [0.25, 0.3) is 0 Å². The van der Waals surface area contributed by atoms with Crippen LogP contribution in [0.5, 0.6) is 0 Å². The first-order chi connectivity index (χ1) is 35.5. The summed E-state index contributed by atoms with van der Waals surface area (Å²) >= 11 is 0. The summed E-state index contributed by atoms with van der Waals surface area (Å²) in [7, 11) is 0. The zero-order valence-corrected chi connectivity index (χ0v) is 48.2. The molecule has 0 aromatic heterocycles. The molecule has 6 nitrogen and oxygen atoms in total. The zero-order valence-electron chi connectivity index (χ0n) is 48.2. The summed E-state index contributed by atoms with van der Waals surface area (Å²) in [5.74, 6) is -0.0808. The molecule has 72 heavy (non-hydrogen) atoms. The number of rotatable bonds is 59. The Kier molecular flexibility index (Phi) is 59.5. The number of amides is 1. The Morgan fingerprint density at radius 2 is 0.694 bits per heavy atom. The van der Waals surface area contributed by atoms with Gasteiger partial charge in [-0.25, -0.2) is 0 Å². The maximum absolute atomic E-state index is 12.5. The predicted molar refractivity (Wildman–Crippen MR) is 315 cm³/mol. The van der Waals surface area contributed by atoms with E-state index in [1.165, 1.54) is 250 Å². The minimum Gasteiger partial charge on any atom is -0.466 e. The molecular formula is C66H123NO5. The Hall–Kier alpha value is -2.18. The van der Waals surface area contributed by atoms with Crippen LogP contribution in [0.4, 0.5) is 0 Å². The largest absolute Gasteiger partial charge is 0.466 e. The number of aliphatic hydroxyl groups excluding tert-OH is 2. The van der Waals surface area contributed by atoms with Crippen LogP contribution < -0.4 is 5.32 Å². The summed E-state index contributed by atoms with van der Waals surface area (Å²) in [6, 6.07) is -0.635. The smallest absolute Gasteiger partial charge is 0.305 e. The highest BCUT2D eigenvalue weighted by Gasteiger charge is 2.18. The van der Waals surface area contributed by atoms with E-state index in [0.717, 1.165) is 57.8 Å². The Labute approximate surface area is 448 Å². The monoisotopic (exact) mass is 1010 g/mol. The number of esters is 1. The number of nitrogens with one attached hydrogen (secondary N) is 1. The fraction of sp³-hybridized carbons (Fsp3) is 0.848. The third-order valence-electron chi connectivity index (χ3n) is 14.6. The zero-order chi connectivity index (χ0) is 52.2. The number of carbonyl (C=O) groups is 2. The van der Waals surface area contributed by atoms with E-state index in [9.17, 15) is 19.8 Å². The van der Waals surface area contributed by atoms with Crippen molar-refractivity contribution in [2.45, 2.75) is 347 Å². The van der Waals surface area contributed by atoms with Crippen LogP contribution in [-0.2, 0) is 14.3 Å². The molecule has 6 heteroatoms. The van der Waals surface area contributed by atoms with Gasteiger partial charge in [-0.1, -0.05) is 281 Å². The lowest BCUT2D eigenvalue weighted by Crippen LogP contribution is -2.45. The third kappa shape index (κ3) is 57.1. The van der Waals surface area contributed by atoms with E-state index in [4.69, 9.17) is 4.74 Å². The number of aliphatic hydroxyl groups is 2. The molecule has 0 fully saturated rings. The van der Waals surface area contributed by atoms with Crippen molar-refractivity contribution in [1.82, 2.24) is 5.32 Å². The fourth-order valence-corrected chi connectivity index (χ4v) is 9.66. The highest BCUT2D eigenvalue weighted by Crippen LogP contribution is 2.17. The summed E-state index contributed by atoms with van der Waals surface area (Å²) in [6.45, 7) is 4.88. The number of hydrogen-bond acceptors (Lipinski definition) is 5. The summed E-state index contributed by atoms with van der Waals surface area (Å²) in [5.41, 5.74) is 0. The van der Waals surface area contributed by atoms with Gasteiger partial charge in [-0.2, -0.15) is 0 Å². The number of ether oxygens (including phenoxy) is 1. The molecular weight excluding hydrogens is 887 g/mol. The first-order valence-corrected chi connectivity index (χ1v) is 31.9. The van der Waals surface area contributed by atoms with Crippen LogP contribution in [0.2, 0.25) is 0 Å². The molecule has 0 bridgehead atoms. The van der Waals surface area contributed by atoms with Gasteiger partial charge in [0, 0.05) is 12.8 Å². The molecule has 422 valence electrons.